The molecule has 2 aromatic carbocycles. The molecule has 1 fully saturated rings. The molecule has 0 spiro atoms. The summed E-state index contributed by atoms with van der Waals surface area (Å²) in [5, 5.41) is 1.03. The molecule has 0 atom stereocenters. The van der Waals surface area contributed by atoms with Crippen LogP contribution in [0.5, 0.6) is 5.75 Å². The summed E-state index contributed by atoms with van der Waals surface area (Å²) in [7, 11) is 0. The topological polar surface area (TPSA) is 109 Å². The van der Waals surface area contributed by atoms with Gasteiger partial charge >= 0.3 is 0 Å². The molecule has 5 aromatic rings. The lowest BCUT2D eigenvalue weighted by molar-refractivity contribution is 0.308. The first-order valence-electron chi connectivity index (χ1n) is 11.2. The maximum atomic E-state index is 6.89. The van der Waals surface area contributed by atoms with E-state index in [-0.39, 0.29) is 0 Å². The molecule has 1 aliphatic rings. The second-order valence-corrected chi connectivity index (χ2v) is 8.59. The fourth-order valence-electron chi connectivity index (χ4n) is 4.56. The first kappa shape index (κ1) is 19.8. The predicted octanol–water partition coefficient (Wildman–Crippen LogP) is 3.87. The second kappa shape index (κ2) is 7.90. The number of H-pyrrole nitrogens is 2. The zero-order chi connectivity index (χ0) is 22.3. The molecule has 0 unspecified atom stereocenters. The average Bonchev–Trinajstić information content (AvgIpc) is 3.52. The van der Waals surface area contributed by atoms with Crippen LogP contribution >= 0.6 is 0 Å². The number of imidazole rings is 1. The van der Waals surface area contributed by atoms with E-state index in [2.05, 4.69) is 37.0 Å². The number of nitrogens with one attached hydrogen (secondary N) is 2. The molecule has 0 radical (unpaired) electrons. The summed E-state index contributed by atoms with van der Waals surface area (Å²) in [6, 6.07) is 18.1. The highest BCUT2D eigenvalue weighted by Crippen LogP contribution is 2.34. The van der Waals surface area contributed by atoms with Crippen molar-refractivity contribution in [3.63, 3.8) is 0 Å². The van der Waals surface area contributed by atoms with Gasteiger partial charge in [0.25, 0.3) is 0 Å². The van der Waals surface area contributed by atoms with Gasteiger partial charge in [-0.15, -0.1) is 0 Å². The number of fused-ring (bicyclic) bond motifs is 2. The van der Waals surface area contributed by atoms with Crippen LogP contribution in [0, 0.1) is 0 Å². The van der Waals surface area contributed by atoms with Gasteiger partial charge in [0.2, 0.25) is 0 Å². The average molecular weight is 440 g/mol. The van der Waals surface area contributed by atoms with Crippen LogP contribution in [0.3, 0.4) is 0 Å². The highest BCUT2D eigenvalue weighted by molar-refractivity contribution is 5.87. The van der Waals surface area contributed by atoms with Crippen LogP contribution in [0.15, 0.2) is 67.1 Å². The number of hydrogen-bond donors (Lipinski definition) is 3. The van der Waals surface area contributed by atoms with Crippen LogP contribution in [0.25, 0.3) is 22.1 Å². The third-order valence-electron chi connectivity index (χ3n) is 6.48. The number of rotatable bonds is 5. The molecule has 166 valence electrons. The predicted molar refractivity (Wildman–Crippen MR) is 128 cm³/mol. The fraction of sp³-hybridized carbons (Fsp3) is 0.240. The molecular weight excluding hydrogens is 414 g/mol. The molecule has 0 saturated carbocycles. The van der Waals surface area contributed by atoms with E-state index >= 15 is 0 Å². The molecule has 4 N–H and O–H groups in total. The van der Waals surface area contributed by atoms with Gasteiger partial charge in [-0.05, 0) is 36.6 Å². The highest BCUT2D eigenvalue weighted by atomic mass is 16.5. The van der Waals surface area contributed by atoms with E-state index < -0.39 is 5.54 Å². The number of nitrogens with two attached hydrogens (primary N) is 1. The molecule has 33 heavy (non-hydrogen) atoms. The number of ether oxygens (including phenoxy) is 1. The lowest BCUT2D eigenvalue weighted by Gasteiger charge is -2.38. The van der Waals surface area contributed by atoms with Crippen LogP contribution in [0.2, 0.25) is 0 Å². The van der Waals surface area contributed by atoms with Crippen LogP contribution < -0.4 is 15.4 Å². The first-order valence-corrected chi connectivity index (χ1v) is 11.2. The van der Waals surface area contributed by atoms with Crippen molar-refractivity contribution in [3.05, 3.63) is 78.5 Å². The number of aromatic amines is 2. The fourth-order valence-corrected chi connectivity index (χ4v) is 4.56. The van der Waals surface area contributed by atoms with E-state index in [1.165, 1.54) is 0 Å². The van der Waals surface area contributed by atoms with Gasteiger partial charge in [0, 0.05) is 19.3 Å². The van der Waals surface area contributed by atoms with Crippen molar-refractivity contribution in [1.82, 2.24) is 24.9 Å². The Balaban J connectivity index is 1.22. The van der Waals surface area contributed by atoms with Crippen molar-refractivity contribution in [2.24, 2.45) is 5.73 Å². The van der Waals surface area contributed by atoms with Crippen molar-refractivity contribution in [2.75, 3.05) is 18.0 Å². The molecule has 8 nitrogen and oxygen atoms in total. The van der Waals surface area contributed by atoms with E-state index in [1.807, 2.05) is 48.7 Å². The first-order chi connectivity index (χ1) is 16.2. The second-order valence-electron chi connectivity index (χ2n) is 8.59. The minimum atomic E-state index is -0.531. The van der Waals surface area contributed by atoms with Gasteiger partial charge in [0.05, 0.1) is 16.4 Å². The van der Waals surface area contributed by atoms with E-state index in [1.54, 1.807) is 6.33 Å². The van der Waals surface area contributed by atoms with Gasteiger partial charge in [-0.1, -0.05) is 36.4 Å². The van der Waals surface area contributed by atoms with Crippen molar-refractivity contribution in [3.8, 4) is 5.75 Å². The molecule has 0 amide bonds. The largest absolute Gasteiger partial charge is 0.487 e. The van der Waals surface area contributed by atoms with Crippen molar-refractivity contribution in [2.45, 2.75) is 25.0 Å². The minimum absolute atomic E-state index is 0.504. The van der Waals surface area contributed by atoms with Gasteiger partial charge < -0.3 is 25.3 Å². The molecule has 8 heteroatoms. The van der Waals surface area contributed by atoms with E-state index in [0.717, 1.165) is 71.0 Å². The van der Waals surface area contributed by atoms with Crippen molar-refractivity contribution in [1.29, 1.82) is 0 Å². The zero-order valence-corrected chi connectivity index (χ0v) is 18.2. The quantitative estimate of drug-likeness (QED) is 0.384. The highest BCUT2D eigenvalue weighted by Gasteiger charge is 2.36. The zero-order valence-electron chi connectivity index (χ0n) is 18.2. The number of hydrogen-bond acceptors (Lipinski definition) is 6. The Morgan fingerprint density at radius 1 is 1.00 bits per heavy atom. The third kappa shape index (κ3) is 3.58. The minimum Gasteiger partial charge on any atom is -0.487 e. The Hall–Kier alpha value is -3.91. The summed E-state index contributed by atoms with van der Waals surface area (Å²) in [6.07, 6.45) is 5.03. The smallest absolute Gasteiger partial charge is 0.145 e. The molecule has 4 heterocycles. The summed E-state index contributed by atoms with van der Waals surface area (Å²) >= 11 is 0. The number of para-hydroxylation sites is 1. The van der Waals surface area contributed by atoms with Gasteiger partial charge in [-0.2, -0.15) is 0 Å². The van der Waals surface area contributed by atoms with Crippen LogP contribution in [0.1, 0.15) is 24.2 Å². The number of piperidine rings is 1. The van der Waals surface area contributed by atoms with Crippen molar-refractivity contribution >= 4 is 27.9 Å². The summed E-state index contributed by atoms with van der Waals surface area (Å²) in [4.78, 5) is 22.6. The maximum absolute atomic E-state index is 6.89. The summed E-state index contributed by atoms with van der Waals surface area (Å²) in [5.74, 6) is 2.54. The van der Waals surface area contributed by atoms with Gasteiger partial charge in [-0.3, -0.25) is 0 Å². The number of anilines is 1. The van der Waals surface area contributed by atoms with Gasteiger partial charge in [-0.25, -0.2) is 15.0 Å². The van der Waals surface area contributed by atoms with Gasteiger partial charge in [0.15, 0.2) is 0 Å². The number of nitrogens with zero attached hydrogens (tertiary/aromatic N) is 4. The lowest BCUT2D eigenvalue weighted by Crippen LogP contribution is -2.49. The van der Waals surface area contributed by atoms with E-state index in [0.29, 0.717) is 6.61 Å². The standard InChI is InChI=1S/C25H25N7O/c26-25(10-13-32(14-11-25)23-18-9-12-27-22(18)28-16-29-23)24-30-19-7-4-8-20(21(19)31-24)33-15-17-5-2-1-3-6-17/h1-9,12,16H,10-11,13-15,26H2,(H,30,31)(H,27,28,29). The Bertz CT molecular complexity index is 1400. The molecular formula is C25H25N7O. The molecule has 0 bridgehead atoms. The molecule has 3 aromatic heterocycles. The summed E-state index contributed by atoms with van der Waals surface area (Å²) in [5.41, 5.74) is 10.1. The molecule has 1 aliphatic heterocycles. The Morgan fingerprint density at radius 2 is 1.85 bits per heavy atom. The molecule has 1 saturated heterocycles. The summed E-state index contributed by atoms with van der Waals surface area (Å²) < 4.78 is 6.11. The number of aromatic nitrogens is 5. The normalized spacial score (nSPS) is 15.8. The molecule has 6 rings (SSSR count). The Morgan fingerprint density at radius 3 is 2.70 bits per heavy atom. The molecule has 0 aliphatic carbocycles. The van der Waals surface area contributed by atoms with E-state index in [4.69, 9.17) is 15.5 Å². The van der Waals surface area contributed by atoms with E-state index in [9.17, 15) is 0 Å². The van der Waals surface area contributed by atoms with Crippen LogP contribution in [0.4, 0.5) is 5.82 Å². The number of benzene rings is 2. The van der Waals surface area contributed by atoms with Crippen molar-refractivity contribution < 1.29 is 4.74 Å². The SMILES string of the molecule is NC1(c2nc3cccc(OCc4ccccc4)c3[nH]2)CCN(c2ncnc3[nH]ccc23)CC1. The third-order valence-corrected chi connectivity index (χ3v) is 6.48. The van der Waals surface area contributed by atoms with Crippen LogP contribution in [-0.4, -0.2) is 38.0 Å². The monoisotopic (exact) mass is 439 g/mol. The van der Waals surface area contributed by atoms with Crippen LogP contribution in [-0.2, 0) is 12.1 Å². The Kier molecular flexibility index (Phi) is 4.73. The maximum Gasteiger partial charge on any atom is 0.145 e. The summed E-state index contributed by atoms with van der Waals surface area (Å²) in [6.45, 7) is 2.09. The lowest BCUT2D eigenvalue weighted by atomic mass is 9.88. The van der Waals surface area contributed by atoms with Gasteiger partial charge in [0.1, 0.15) is 41.5 Å². The Labute approximate surface area is 190 Å².